The van der Waals surface area contributed by atoms with Gasteiger partial charge in [-0.25, -0.2) is 0 Å². The number of rotatable bonds is 9. The van der Waals surface area contributed by atoms with Gasteiger partial charge in [0.05, 0.1) is 18.9 Å². The highest BCUT2D eigenvalue weighted by Gasteiger charge is 2.06. The summed E-state index contributed by atoms with van der Waals surface area (Å²) in [5.74, 6) is 0. The molecule has 0 aromatic carbocycles. The third-order valence-electron chi connectivity index (χ3n) is 2.61. The molecule has 0 unspecified atom stereocenters. The average molecular weight is 253 g/mol. The van der Waals surface area contributed by atoms with E-state index in [0.717, 1.165) is 31.0 Å². The largest absolute Gasteiger partial charge is 0.395 e. The van der Waals surface area contributed by atoms with Gasteiger partial charge in [0.1, 0.15) is 0 Å². The van der Waals surface area contributed by atoms with E-state index in [0.29, 0.717) is 13.2 Å². The number of aromatic nitrogens is 1. The first kappa shape index (κ1) is 14.9. The Morgan fingerprint density at radius 3 is 2.94 bits per heavy atom. The Labute approximate surface area is 109 Å². The van der Waals surface area contributed by atoms with Gasteiger partial charge in [0.25, 0.3) is 0 Å². The van der Waals surface area contributed by atoms with Gasteiger partial charge in [-0.05, 0) is 19.1 Å². The van der Waals surface area contributed by atoms with Crippen molar-refractivity contribution in [3.8, 4) is 0 Å². The summed E-state index contributed by atoms with van der Waals surface area (Å²) in [4.78, 5) is 6.47. The van der Waals surface area contributed by atoms with Crippen LogP contribution >= 0.6 is 0 Å². The molecule has 0 aliphatic heterocycles. The number of methoxy groups -OCH3 is 1. The zero-order valence-corrected chi connectivity index (χ0v) is 11.2. The van der Waals surface area contributed by atoms with Gasteiger partial charge in [-0.1, -0.05) is 0 Å². The molecule has 5 nitrogen and oxygen atoms in total. The van der Waals surface area contributed by atoms with Crippen molar-refractivity contribution in [1.29, 1.82) is 0 Å². The summed E-state index contributed by atoms with van der Waals surface area (Å²) in [7, 11) is 1.68. The van der Waals surface area contributed by atoms with Crippen LogP contribution in [0.5, 0.6) is 0 Å². The predicted molar refractivity (Wildman–Crippen MR) is 72.6 cm³/mol. The molecular formula is C13H23N3O2. The lowest BCUT2D eigenvalue weighted by atomic mass is 10.3. The maximum absolute atomic E-state index is 9.04. The molecule has 0 fully saturated rings. The molecule has 0 amide bonds. The number of aliphatic hydroxyl groups excluding tert-OH is 1. The van der Waals surface area contributed by atoms with Crippen molar-refractivity contribution < 1.29 is 9.84 Å². The van der Waals surface area contributed by atoms with Crippen LogP contribution in [-0.2, 0) is 11.3 Å². The van der Waals surface area contributed by atoms with Crippen LogP contribution in [0.25, 0.3) is 0 Å². The summed E-state index contributed by atoms with van der Waals surface area (Å²) >= 11 is 0. The van der Waals surface area contributed by atoms with Gasteiger partial charge in [-0.3, -0.25) is 9.88 Å². The van der Waals surface area contributed by atoms with Crippen molar-refractivity contribution in [3.05, 3.63) is 24.0 Å². The second-order valence-electron chi connectivity index (χ2n) is 4.06. The summed E-state index contributed by atoms with van der Waals surface area (Å²) in [6.07, 6.45) is 1.81. The maximum Gasteiger partial charge on any atom is 0.0589 e. The Kier molecular flexibility index (Phi) is 7.32. The van der Waals surface area contributed by atoms with Gasteiger partial charge in [-0.2, -0.15) is 0 Å². The fourth-order valence-electron chi connectivity index (χ4n) is 1.74. The van der Waals surface area contributed by atoms with E-state index < -0.39 is 0 Å². The molecule has 18 heavy (non-hydrogen) atoms. The molecule has 1 aromatic rings. The fraction of sp³-hybridized carbons (Fsp3) is 0.615. The minimum Gasteiger partial charge on any atom is -0.395 e. The zero-order valence-electron chi connectivity index (χ0n) is 11.2. The first-order valence-corrected chi connectivity index (χ1v) is 6.31. The van der Waals surface area contributed by atoms with Crippen LogP contribution in [0, 0.1) is 0 Å². The highest BCUT2D eigenvalue weighted by molar-refractivity contribution is 5.42. The van der Waals surface area contributed by atoms with Crippen molar-refractivity contribution in [2.75, 3.05) is 45.3 Å². The van der Waals surface area contributed by atoms with Gasteiger partial charge in [0.15, 0.2) is 0 Å². The Morgan fingerprint density at radius 2 is 2.28 bits per heavy atom. The Bertz CT molecular complexity index is 334. The molecule has 1 aromatic heterocycles. The SMILES string of the molecule is CCNc1ccnc(CN(CCO)CCOC)c1. The van der Waals surface area contributed by atoms with E-state index in [-0.39, 0.29) is 6.61 Å². The van der Waals surface area contributed by atoms with Gasteiger partial charge < -0.3 is 15.2 Å². The lowest BCUT2D eigenvalue weighted by Gasteiger charge is -2.20. The summed E-state index contributed by atoms with van der Waals surface area (Å²) < 4.78 is 5.06. The third kappa shape index (κ3) is 5.44. The molecule has 0 atom stereocenters. The van der Waals surface area contributed by atoms with Crippen LogP contribution in [0.15, 0.2) is 18.3 Å². The number of pyridine rings is 1. The van der Waals surface area contributed by atoms with E-state index in [9.17, 15) is 0 Å². The number of nitrogens with one attached hydrogen (secondary N) is 1. The smallest absolute Gasteiger partial charge is 0.0589 e. The van der Waals surface area contributed by atoms with Crippen LogP contribution in [-0.4, -0.2) is 54.9 Å². The van der Waals surface area contributed by atoms with Crippen molar-refractivity contribution in [2.24, 2.45) is 0 Å². The molecule has 0 aliphatic rings. The summed E-state index contributed by atoms with van der Waals surface area (Å²) in [6, 6.07) is 4.00. The molecule has 102 valence electrons. The molecule has 0 aliphatic carbocycles. The minimum absolute atomic E-state index is 0.149. The molecule has 0 bridgehead atoms. The Balaban J connectivity index is 2.58. The highest BCUT2D eigenvalue weighted by atomic mass is 16.5. The molecule has 5 heteroatoms. The molecule has 0 spiro atoms. The number of aliphatic hydroxyl groups is 1. The van der Waals surface area contributed by atoms with E-state index in [1.54, 1.807) is 13.3 Å². The maximum atomic E-state index is 9.04. The van der Waals surface area contributed by atoms with E-state index >= 15 is 0 Å². The van der Waals surface area contributed by atoms with E-state index in [1.807, 2.05) is 12.1 Å². The minimum atomic E-state index is 0.149. The van der Waals surface area contributed by atoms with Gasteiger partial charge in [0.2, 0.25) is 0 Å². The van der Waals surface area contributed by atoms with E-state index in [4.69, 9.17) is 9.84 Å². The molecule has 0 saturated heterocycles. The van der Waals surface area contributed by atoms with Crippen molar-refractivity contribution in [2.45, 2.75) is 13.5 Å². The number of hydrogen-bond acceptors (Lipinski definition) is 5. The van der Waals surface area contributed by atoms with Crippen molar-refractivity contribution in [3.63, 3.8) is 0 Å². The van der Waals surface area contributed by atoms with Gasteiger partial charge in [-0.15, -0.1) is 0 Å². The number of ether oxygens (including phenoxy) is 1. The monoisotopic (exact) mass is 253 g/mol. The standard InChI is InChI=1S/C13H23N3O2/c1-3-14-12-4-5-15-13(10-12)11-16(6-8-17)7-9-18-2/h4-5,10,17H,3,6-9,11H2,1-2H3,(H,14,15). The number of anilines is 1. The first-order chi connectivity index (χ1) is 8.80. The summed E-state index contributed by atoms with van der Waals surface area (Å²) in [5.41, 5.74) is 2.08. The lowest BCUT2D eigenvalue weighted by Crippen LogP contribution is -2.30. The molecule has 0 saturated carbocycles. The first-order valence-electron chi connectivity index (χ1n) is 6.31. The zero-order chi connectivity index (χ0) is 13.2. The van der Waals surface area contributed by atoms with Crippen LogP contribution < -0.4 is 5.32 Å². The summed E-state index contributed by atoms with van der Waals surface area (Å²) in [6.45, 7) is 5.93. The van der Waals surface area contributed by atoms with Crippen LogP contribution in [0.4, 0.5) is 5.69 Å². The Hall–Kier alpha value is -1.17. The highest BCUT2D eigenvalue weighted by Crippen LogP contribution is 2.09. The molecular weight excluding hydrogens is 230 g/mol. The topological polar surface area (TPSA) is 57.6 Å². The van der Waals surface area contributed by atoms with Crippen LogP contribution in [0.1, 0.15) is 12.6 Å². The second kappa shape index (κ2) is 8.85. The van der Waals surface area contributed by atoms with Crippen LogP contribution in [0.3, 0.4) is 0 Å². The quantitative estimate of drug-likeness (QED) is 0.686. The normalized spacial score (nSPS) is 10.9. The molecule has 0 radical (unpaired) electrons. The molecule has 1 rings (SSSR count). The summed E-state index contributed by atoms with van der Waals surface area (Å²) in [5, 5.41) is 12.3. The second-order valence-corrected chi connectivity index (χ2v) is 4.06. The molecule has 1 heterocycles. The van der Waals surface area contributed by atoms with Crippen molar-refractivity contribution in [1.82, 2.24) is 9.88 Å². The average Bonchev–Trinajstić information content (AvgIpc) is 2.37. The van der Waals surface area contributed by atoms with Gasteiger partial charge >= 0.3 is 0 Å². The van der Waals surface area contributed by atoms with Gasteiger partial charge in [0, 0.05) is 45.2 Å². The predicted octanol–water partition coefficient (Wildman–Crippen LogP) is 0.954. The lowest BCUT2D eigenvalue weighted by molar-refractivity contribution is 0.126. The van der Waals surface area contributed by atoms with Crippen LogP contribution in [0.2, 0.25) is 0 Å². The van der Waals surface area contributed by atoms with Crippen molar-refractivity contribution >= 4 is 5.69 Å². The molecule has 2 N–H and O–H groups in total. The number of nitrogens with zero attached hydrogens (tertiary/aromatic N) is 2. The van der Waals surface area contributed by atoms with E-state index in [2.05, 4.69) is 22.1 Å². The number of hydrogen-bond donors (Lipinski definition) is 2. The fourth-order valence-corrected chi connectivity index (χ4v) is 1.74. The van der Waals surface area contributed by atoms with E-state index in [1.165, 1.54) is 0 Å². The Morgan fingerprint density at radius 1 is 1.44 bits per heavy atom. The third-order valence-corrected chi connectivity index (χ3v) is 2.61.